The van der Waals surface area contributed by atoms with Crippen LogP contribution in [0.25, 0.3) is 44.3 Å². The fourth-order valence-electron chi connectivity index (χ4n) is 7.10. The topological polar surface area (TPSA) is 172 Å². The average Bonchev–Trinajstić information content (AvgIpc) is 4.07. The molecule has 0 radical (unpaired) electrons. The Morgan fingerprint density at radius 1 is 0.557 bits per heavy atom. The summed E-state index contributed by atoms with van der Waals surface area (Å²) < 4.78 is 77.9. The van der Waals surface area contributed by atoms with E-state index in [0.29, 0.717) is 47.3 Å². The van der Waals surface area contributed by atoms with Gasteiger partial charge in [0.25, 0.3) is 0 Å². The second kappa shape index (κ2) is 21.1. The zero-order valence-corrected chi connectivity index (χ0v) is 38.3. The Bertz CT molecular complexity index is 3430. The Balaban J connectivity index is 0.000000174. The van der Waals surface area contributed by atoms with Gasteiger partial charge in [-0.1, -0.05) is 36.4 Å². The molecule has 0 fully saturated rings. The van der Waals surface area contributed by atoms with Crippen molar-refractivity contribution in [1.29, 1.82) is 0 Å². The van der Waals surface area contributed by atoms with Crippen molar-refractivity contribution in [2.24, 2.45) is 11.5 Å². The third-order valence-corrected chi connectivity index (χ3v) is 12.3. The lowest BCUT2D eigenvalue weighted by atomic mass is 10.1. The summed E-state index contributed by atoms with van der Waals surface area (Å²) in [5, 5.41) is 13.7. The molecule has 0 aliphatic heterocycles. The highest BCUT2D eigenvalue weighted by Gasteiger charge is 2.30. The fourth-order valence-corrected chi connectivity index (χ4v) is 8.47. The van der Waals surface area contributed by atoms with Gasteiger partial charge in [-0.15, -0.1) is 22.7 Å². The molecule has 4 aromatic heterocycles. The van der Waals surface area contributed by atoms with Crippen molar-refractivity contribution in [3.8, 4) is 34.0 Å². The fraction of sp³-hybridized carbons (Fsp3) is 0.0980. The van der Waals surface area contributed by atoms with Crippen molar-refractivity contribution < 1.29 is 31.4 Å². The molecule has 12 nitrogen and oxygen atoms in total. The van der Waals surface area contributed by atoms with Crippen LogP contribution >= 0.6 is 22.7 Å². The molecular formula is C51H39F5N10O2S2. The van der Waals surface area contributed by atoms with Gasteiger partial charge in [0.05, 0.1) is 28.0 Å². The molecule has 19 heteroatoms. The summed E-state index contributed by atoms with van der Waals surface area (Å²) >= 11 is 3.02. The largest absolute Gasteiger partial charge is 0.489 e. The molecular weight excluding hydrogens is 944 g/mol. The van der Waals surface area contributed by atoms with Gasteiger partial charge in [0, 0.05) is 63.2 Å². The van der Waals surface area contributed by atoms with Gasteiger partial charge in [-0.2, -0.15) is 13.2 Å². The average molecular weight is 983 g/mol. The number of benzene rings is 6. The quantitative estimate of drug-likeness (QED) is 0.0761. The molecule has 6 aromatic carbocycles. The Morgan fingerprint density at radius 3 is 1.67 bits per heavy atom. The van der Waals surface area contributed by atoms with Crippen molar-refractivity contribution >= 4 is 67.5 Å². The molecule has 0 spiro atoms. The van der Waals surface area contributed by atoms with E-state index in [9.17, 15) is 22.0 Å². The molecule has 10 rings (SSSR count). The lowest BCUT2D eigenvalue weighted by Gasteiger charge is -2.12. The van der Waals surface area contributed by atoms with Gasteiger partial charge in [-0.05, 0) is 96.1 Å². The number of ether oxygens (including phenoxy) is 2. The molecule has 0 saturated carbocycles. The van der Waals surface area contributed by atoms with Gasteiger partial charge in [0.2, 0.25) is 0 Å². The molecule has 0 atom stereocenters. The number of fused-ring (bicyclic) bond motifs is 2. The number of rotatable bonds is 14. The predicted molar refractivity (Wildman–Crippen MR) is 263 cm³/mol. The number of thiazole rings is 2. The number of aromatic nitrogens is 6. The predicted octanol–water partition coefficient (Wildman–Crippen LogP) is 12.4. The zero-order chi connectivity index (χ0) is 48.6. The van der Waals surface area contributed by atoms with Crippen molar-refractivity contribution in [2.45, 2.75) is 32.5 Å². The van der Waals surface area contributed by atoms with E-state index in [1.165, 1.54) is 65.7 Å². The highest BCUT2D eigenvalue weighted by atomic mass is 32.1. The first kappa shape index (κ1) is 47.1. The van der Waals surface area contributed by atoms with Gasteiger partial charge in [0.1, 0.15) is 59.1 Å². The molecule has 0 aliphatic carbocycles. The Morgan fingerprint density at radius 2 is 1.11 bits per heavy atom. The van der Waals surface area contributed by atoms with Gasteiger partial charge < -0.3 is 31.6 Å². The van der Waals surface area contributed by atoms with Crippen LogP contribution in [0.4, 0.5) is 45.0 Å². The maximum atomic E-state index is 14.7. The number of halogens is 5. The summed E-state index contributed by atoms with van der Waals surface area (Å²) in [4.78, 5) is 26.5. The number of anilines is 4. The molecule has 352 valence electrons. The van der Waals surface area contributed by atoms with Crippen LogP contribution in [-0.2, 0) is 32.5 Å². The van der Waals surface area contributed by atoms with E-state index in [4.69, 9.17) is 20.9 Å². The first-order valence-corrected chi connectivity index (χ1v) is 23.1. The summed E-state index contributed by atoms with van der Waals surface area (Å²) in [6.45, 7) is 0.872. The van der Waals surface area contributed by atoms with Crippen LogP contribution in [0.15, 0.2) is 151 Å². The Hall–Kier alpha value is -7.97. The zero-order valence-electron chi connectivity index (χ0n) is 36.6. The standard InChI is InChI=1S/C26H20F3N5OS.C25H19F2N5OS/c27-26(28,29)18-3-1-2-16(10-18)13-35-20-7-5-19(6-8-20)33-25-21-11-17(4-9-22(21)31-15-32-25)23-14-36-24(12-30)34-23;26-17-3-1-2-15(8-17)12-33-23-7-5-18(10-20(23)27)31-25-19-9-16(4-6-21(19)29-14-30-25)22-13-34-24(11-28)32-22/h1-11,14-15H,12-13,30H2,(H,31,32,33);1-10,13-14H,11-12,28H2,(H,29,30,31). The number of alkyl halides is 3. The van der Waals surface area contributed by atoms with Crippen LogP contribution in [0.1, 0.15) is 26.7 Å². The number of nitrogens with two attached hydrogens (primary N) is 2. The van der Waals surface area contributed by atoms with Crippen molar-refractivity contribution in [3.63, 3.8) is 0 Å². The Kier molecular flexibility index (Phi) is 14.2. The normalized spacial score (nSPS) is 11.3. The monoisotopic (exact) mass is 982 g/mol. The summed E-state index contributed by atoms with van der Waals surface area (Å²) in [5.74, 6) is 0.867. The molecule has 0 saturated heterocycles. The van der Waals surface area contributed by atoms with Crippen LogP contribution in [-0.4, -0.2) is 29.9 Å². The Labute approximate surface area is 404 Å². The van der Waals surface area contributed by atoms with E-state index in [1.807, 2.05) is 59.3 Å². The SMILES string of the molecule is NCc1nc(-c2ccc3ncnc(Nc4ccc(OCc5cccc(C(F)(F)F)c5)cc4)c3c2)cs1.NCc1nc(-c2ccc3ncnc(Nc4ccc(OCc5cccc(F)c5)c(F)c4)c3c2)cs1. The lowest BCUT2D eigenvalue weighted by molar-refractivity contribution is -0.137. The van der Waals surface area contributed by atoms with Crippen LogP contribution in [0, 0.1) is 11.6 Å². The first-order valence-electron chi connectivity index (χ1n) is 21.4. The van der Waals surface area contributed by atoms with E-state index in [2.05, 4.69) is 40.5 Å². The van der Waals surface area contributed by atoms with E-state index in [1.54, 1.807) is 36.4 Å². The van der Waals surface area contributed by atoms with Crippen LogP contribution < -0.4 is 31.6 Å². The summed E-state index contributed by atoms with van der Waals surface area (Å²) in [7, 11) is 0. The number of hydrogen-bond acceptors (Lipinski definition) is 14. The molecule has 10 aromatic rings. The smallest absolute Gasteiger partial charge is 0.416 e. The first-order chi connectivity index (χ1) is 34.0. The van der Waals surface area contributed by atoms with Crippen molar-refractivity contribution in [3.05, 3.63) is 189 Å². The van der Waals surface area contributed by atoms with E-state index >= 15 is 0 Å². The van der Waals surface area contributed by atoms with E-state index < -0.39 is 17.6 Å². The molecule has 0 bridgehead atoms. The number of nitrogens with one attached hydrogen (secondary N) is 2. The second-order valence-corrected chi connectivity index (χ2v) is 17.3. The molecule has 6 N–H and O–H groups in total. The van der Waals surface area contributed by atoms with Crippen molar-refractivity contribution in [1.82, 2.24) is 29.9 Å². The minimum atomic E-state index is -4.39. The van der Waals surface area contributed by atoms with Crippen LogP contribution in [0.3, 0.4) is 0 Å². The minimum absolute atomic E-state index is 0.0263. The molecule has 0 unspecified atom stereocenters. The maximum absolute atomic E-state index is 14.7. The highest BCUT2D eigenvalue weighted by Crippen LogP contribution is 2.33. The lowest BCUT2D eigenvalue weighted by Crippen LogP contribution is -2.06. The summed E-state index contributed by atoms with van der Waals surface area (Å²) in [6.07, 6.45) is -1.44. The third kappa shape index (κ3) is 11.5. The molecule has 0 amide bonds. The second-order valence-electron chi connectivity index (χ2n) is 15.4. The summed E-state index contributed by atoms with van der Waals surface area (Å²) in [5.41, 5.74) is 18.0. The van der Waals surface area contributed by atoms with Gasteiger partial charge in [0.15, 0.2) is 11.6 Å². The van der Waals surface area contributed by atoms with Crippen LogP contribution in [0.2, 0.25) is 0 Å². The number of nitrogens with zero attached hydrogens (tertiary/aromatic N) is 6. The maximum Gasteiger partial charge on any atom is 0.416 e. The molecule has 0 aliphatic rings. The third-order valence-electron chi connectivity index (χ3n) is 10.6. The summed E-state index contributed by atoms with van der Waals surface area (Å²) in [6, 6.07) is 34.4. The van der Waals surface area contributed by atoms with Gasteiger partial charge >= 0.3 is 6.18 Å². The van der Waals surface area contributed by atoms with Crippen LogP contribution in [0.5, 0.6) is 11.5 Å². The number of hydrogen-bond donors (Lipinski definition) is 4. The molecule has 4 heterocycles. The highest BCUT2D eigenvalue weighted by molar-refractivity contribution is 7.10. The molecule has 70 heavy (non-hydrogen) atoms. The minimum Gasteiger partial charge on any atom is -0.489 e. The van der Waals surface area contributed by atoms with Crippen molar-refractivity contribution in [2.75, 3.05) is 10.6 Å². The van der Waals surface area contributed by atoms with Gasteiger partial charge in [-0.3, -0.25) is 0 Å². The van der Waals surface area contributed by atoms with Gasteiger partial charge in [-0.25, -0.2) is 38.7 Å². The van der Waals surface area contributed by atoms with E-state index in [-0.39, 0.29) is 24.8 Å². The van der Waals surface area contributed by atoms with E-state index in [0.717, 1.165) is 72.2 Å².